The monoisotopic (exact) mass is 1050 g/mol. The van der Waals surface area contributed by atoms with E-state index in [0.717, 1.165) is 128 Å². The number of esters is 3. The van der Waals surface area contributed by atoms with Crippen molar-refractivity contribution in [2.24, 2.45) is 0 Å². The molecule has 0 aliphatic heterocycles. The van der Waals surface area contributed by atoms with Gasteiger partial charge in [-0.1, -0.05) is 262 Å². The summed E-state index contributed by atoms with van der Waals surface area (Å²) in [5.41, 5.74) is 0. The first-order chi connectivity index (χ1) is 37.5. The van der Waals surface area contributed by atoms with Crippen LogP contribution in [0.1, 0.15) is 245 Å². The first-order valence-corrected chi connectivity index (χ1v) is 30.5. The fourth-order valence-corrected chi connectivity index (χ4v) is 7.79. The van der Waals surface area contributed by atoms with Gasteiger partial charge in [0.2, 0.25) is 0 Å². The molecule has 0 rings (SSSR count). The van der Waals surface area contributed by atoms with Crippen molar-refractivity contribution in [1.82, 2.24) is 0 Å². The van der Waals surface area contributed by atoms with Crippen LogP contribution >= 0.6 is 0 Å². The third kappa shape index (κ3) is 59.9. The van der Waals surface area contributed by atoms with E-state index < -0.39 is 12.1 Å². The molecule has 0 heterocycles. The highest BCUT2D eigenvalue weighted by atomic mass is 16.6. The van der Waals surface area contributed by atoms with Gasteiger partial charge < -0.3 is 14.2 Å². The van der Waals surface area contributed by atoms with Crippen LogP contribution in [0.2, 0.25) is 0 Å². The lowest BCUT2D eigenvalue weighted by atomic mass is 10.0. The van der Waals surface area contributed by atoms with Crippen LogP contribution in [-0.2, 0) is 28.6 Å². The van der Waals surface area contributed by atoms with Crippen LogP contribution in [0.25, 0.3) is 0 Å². The van der Waals surface area contributed by atoms with Gasteiger partial charge in [0.1, 0.15) is 13.2 Å². The second kappa shape index (κ2) is 62.6. The number of rotatable bonds is 53. The van der Waals surface area contributed by atoms with Gasteiger partial charge in [-0.05, 0) is 122 Å². The number of carbonyl (C=O) groups excluding carboxylic acids is 3. The highest BCUT2D eigenvalue weighted by Gasteiger charge is 2.19. The molecule has 0 saturated heterocycles. The fraction of sp³-hybridized carbons (Fsp3) is 0.586. The summed E-state index contributed by atoms with van der Waals surface area (Å²) >= 11 is 0. The summed E-state index contributed by atoms with van der Waals surface area (Å²) in [6.45, 7) is 6.24. The normalized spacial score (nSPS) is 13.2. The van der Waals surface area contributed by atoms with Gasteiger partial charge in [0.05, 0.1) is 6.42 Å². The SMILES string of the molecule is CC/C=C\C/C=C\C/C=C\C/C=C\C/C=C\C/C=C\C/C=C\CCCCCCCCCCCCCC(=O)OCC(COC(=O)CCCCCCC/C=C\CCC)OC(=O)C/C=C\C/C=C\C/C=C\C/C=C\C/C=C\CC. The van der Waals surface area contributed by atoms with Crippen molar-refractivity contribution in [1.29, 1.82) is 0 Å². The molecule has 1 atom stereocenters. The Morgan fingerprint density at radius 2 is 0.553 bits per heavy atom. The maximum atomic E-state index is 12.8. The molecule has 0 radical (unpaired) electrons. The van der Waals surface area contributed by atoms with Crippen molar-refractivity contribution in [2.45, 2.75) is 252 Å². The summed E-state index contributed by atoms with van der Waals surface area (Å²) in [6, 6.07) is 0. The minimum Gasteiger partial charge on any atom is -0.462 e. The van der Waals surface area contributed by atoms with Crippen molar-refractivity contribution in [2.75, 3.05) is 13.2 Å². The zero-order valence-electron chi connectivity index (χ0n) is 48.7. The lowest BCUT2D eigenvalue weighted by molar-refractivity contribution is -0.166. The zero-order chi connectivity index (χ0) is 55.0. The Labute approximate surface area is 467 Å². The molecule has 0 aromatic heterocycles. The van der Waals surface area contributed by atoms with E-state index >= 15 is 0 Å². The third-order valence-electron chi connectivity index (χ3n) is 12.3. The molecule has 0 fully saturated rings. The number of hydrogen-bond acceptors (Lipinski definition) is 6. The summed E-state index contributed by atoms with van der Waals surface area (Å²) in [5.74, 6) is -1.08. The average molecular weight is 1050 g/mol. The highest BCUT2D eigenvalue weighted by molar-refractivity contribution is 5.72. The van der Waals surface area contributed by atoms with Gasteiger partial charge in [-0.25, -0.2) is 0 Å². The van der Waals surface area contributed by atoms with Gasteiger partial charge in [-0.15, -0.1) is 0 Å². The number of carbonyl (C=O) groups is 3. The van der Waals surface area contributed by atoms with E-state index in [4.69, 9.17) is 14.2 Å². The smallest absolute Gasteiger partial charge is 0.310 e. The van der Waals surface area contributed by atoms with E-state index in [1.807, 2.05) is 6.08 Å². The standard InChI is InChI=1S/C70H110O6/c1-4-7-10-13-16-19-22-24-26-27-28-29-30-31-32-33-34-35-36-37-38-39-40-41-42-43-45-46-48-51-54-57-60-63-69(72)75-66-67(65-74-68(71)62-59-56-53-50-21-18-15-12-9-6-3)76-70(73)64-61-58-55-52-49-47-44-25-23-20-17-14-11-8-5-2/h7-8,10-12,15-17,19-20,24-26,28-29,31-32,34-35,37-38,44,49,52,58,61,67H,4-6,9,13-14,18,21-23,27,30,33,36,39-43,45-48,50-51,53-57,59-60,62-66H2,1-3H3/b10-7-,11-8-,15-12-,19-16-,20-17-,26-24-,29-28-,32-31-,35-34-,38-37-,44-25-,52-49-,61-58-. The average Bonchev–Trinajstić information content (AvgIpc) is 3.42. The molecular formula is C70H110O6. The molecule has 0 saturated carbocycles. The van der Waals surface area contributed by atoms with Gasteiger partial charge in [0.15, 0.2) is 6.10 Å². The number of hydrogen-bond donors (Lipinski definition) is 0. The lowest BCUT2D eigenvalue weighted by Gasteiger charge is -2.18. The van der Waals surface area contributed by atoms with Crippen LogP contribution in [0.3, 0.4) is 0 Å². The molecule has 0 spiro atoms. The molecule has 0 N–H and O–H groups in total. The van der Waals surface area contributed by atoms with Crippen LogP contribution < -0.4 is 0 Å². The van der Waals surface area contributed by atoms with Crippen LogP contribution in [0, 0.1) is 0 Å². The maximum Gasteiger partial charge on any atom is 0.310 e. The summed E-state index contributed by atoms with van der Waals surface area (Å²) < 4.78 is 16.7. The first-order valence-electron chi connectivity index (χ1n) is 30.5. The molecule has 76 heavy (non-hydrogen) atoms. The summed E-state index contributed by atoms with van der Waals surface area (Å²) in [6.07, 6.45) is 91.4. The summed E-state index contributed by atoms with van der Waals surface area (Å²) in [4.78, 5) is 38.0. The number of allylic oxidation sites excluding steroid dienone is 25. The van der Waals surface area contributed by atoms with Crippen molar-refractivity contribution < 1.29 is 28.6 Å². The molecule has 6 heteroatoms. The van der Waals surface area contributed by atoms with E-state index in [-0.39, 0.29) is 31.6 Å². The molecule has 0 amide bonds. The molecule has 6 nitrogen and oxygen atoms in total. The van der Waals surface area contributed by atoms with E-state index in [2.05, 4.69) is 167 Å². The molecule has 0 aliphatic rings. The van der Waals surface area contributed by atoms with Gasteiger partial charge in [0.25, 0.3) is 0 Å². The van der Waals surface area contributed by atoms with Crippen molar-refractivity contribution in [3.05, 3.63) is 158 Å². The van der Waals surface area contributed by atoms with E-state index in [1.54, 1.807) is 6.08 Å². The Bertz CT molecular complexity index is 1720. The lowest BCUT2D eigenvalue weighted by Crippen LogP contribution is -2.30. The van der Waals surface area contributed by atoms with Crippen molar-refractivity contribution in [3.63, 3.8) is 0 Å². The van der Waals surface area contributed by atoms with E-state index in [1.165, 1.54) is 70.6 Å². The van der Waals surface area contributed by atoms with Crippen LogP contribution in [0.4, 0.5) is 0 Å². The van der Waals surface area contributed by atoms with Gasteiger partial charge in [-0.2, -0.15) is 0 Å². The fourth-order valence-electron chi connectivity index (χ4n) is 7.79. The summed E-state index contributed by atoms with van der Waals surface area (Å²) in [5, 5.41) is 0. The Hall–Kier alpha value is -4.97. The number of unbranched alkanes of at least 4 members (excludes halogenated alkanes) is 17. The highest BCUT2D eigenvalue weighted by Crippen LogP contribution is 2.14. The Balaban J connectivity index is 4.26. The second-order valence-electron chi connectivity index (χ2n) is 19.5. The molecule has 0 bridgehead atoms. The van der Waals surface area contributed by atoms with Crippen LogP contribution in [-0.4, -0.2) is 37.2 Å². The van der Waals surface area contributed by atoms with Crippen molar-refractivity contribution >= 4 is 17.9 Å². The molecule has 0 aromatic rings. The molecule has 0 aromatic carbocycles. The van der Waals surface area contributed by atoms with Crippen LogP contribution in [0.5, 0.6) is 0 Å². The molecule has 0 aliphatic carbocycles. The predicted octanol–water partition coefficient (Wildman–Crippen LogP) is 20.9. The topological polar surface area (TPSA) is 78.9 Å². The van der Waals surface area contributed by atoms with Crippen LogP contribution in [0.15, 0.2) is 158 Å². The van der Waals surface area contributed by atoms with Gasteiger partial charge >= 0.3 is 17.9 Å². The Kier molecular flexibility index (Phi) is 58.5. The van der Waals surface area contributed by atoms with Gasteiger partial charge in [0, 0.05) is 12.8 Å². The Morgan fingerprint density at radius 3 is 0.882 bits per heavy atom. The second-order valence-corrected chi connectivity index (χ2v) is 19.5. The minimum atomic E-state index is -0.842. The molecule has 426 valence electrons. The minimum absolute atomic E-state index is 0.0887. The van der Waals surface area contributed by atoms with E-state index in [9.17, 15) is 14.4 Å². The molecular weight excluding hydrogens is 937 g/mol. The third-order valence-corrected chi connectivity index (χ3v) is 12.3. The maximum absolute atomic E-state index is 12.8. The number of ether oxygens (including phenoxy) is 3. The van der Waals surface area contributed by atoms with Gasteiger partial charge in [-0.3, -0.25) is 14.4 Å². The Morgan fingerprint density at radius 1 is 0.289 bits per heavy atom. The van der Waals surface area contributed by atoms with Crippen molar-refractivity contribution in [3.8, 4) is 0 Å². The predicted molar refractivity (Wildman–Crippen MR) is 329 cm³/mol. The molecule has 1 unspecified atom stereocenters. The quantitative estimate of drug-likeness (QED) is 0.0261. The zero-order valence-corrected chi connectivity index (χ0v) is 48.7. The van der Waals surface area contributed by atoms with E-state index in [0.29, 0.717) is 19.3 Å². The largest absolute Gasteiger partial charge is 0.462 e. The summed E-state index contributed by atoms with van der Waals surface area (Å²) in [7, 11) is 0. The first kappa shape index (κ1) is 71.0.